The van der Waals surface area contributed by atoms with E-state index in [-0.39, 0.29) is 6.04 Å². The Kier molecular flexibility index (Phi) is 4.67. The third-order valence-electron chi connectivity index (χ3n) is 2.21. The first kappa shape index (κ1) is 12.6. The van der Waals surface area contributed by atoms with Crippen LogP contribution in [-0.4, -0.2) is 6.54 Å². The van der Waals surface area contributed by atoms with Gasteiger partial charge in [-0.05, 0) is 32.0 Å². The molecule has 0 saturated heterocycles. The molecule has 0 aromatic heterocycles. The zero-order valence-corrected chi connectivity index (χ0v) is 10.4. The third-order valence-corrected chi connectivity index (χ3v) is 2.90. The highest BCUT2D eigenvalue weighted by atomic mass is 79.9. The molecule has 15 heavy (non-hydrogen) atoms. The molecular formula is C11H14BrF2N. The number of rotatable bonds is 4. The number of benzene rings is 1. The van der Waals surface area contributed by atoms with E-state index in [2.05, 4.69) is 21.2 Å². The summed E-state index contributed by atoms with van der Waals surface area (Å²) in [4.78, 5) is 0. The molecule has 4 heteroatoms. The summed E-state index contributed by atoms with van der Waals surface area (Å²) in [5.74, 6) is -1.58. The Hall–Kier alpha value is -0.480. The molecule has 0 aliphatic rings. The van der Waals surface area contributed by atoms with Crippen molar-refractivity contribution in [3.63, 3.8) is 0 Å². The lowest BCUT2D eigenvalue weighted by molar-refractivity contribution is 0.471. The summed E-state index contributed by atoms with van der Waals surface area (Å²) in [5.41, 5.74) is 0.350. The maximum absolute atomic E-state index is 13.5. The molecule has 0 heterocycles. The van der Waals surface area contributed by atoms with Crippen molar-refractivity contribution in [2.75, 3.05) is 6.54 Å². The van der Waals surface area contributed by atoms with Gasteiger partial charge >= 0.3 is 0 Å². The first-order valence-corrected chi connectivity index (χ1v) is 5.74. The van der Waals surface area contributed by atoms with Gasteiger partial charge in [-0.25, -0.2) is 8.78 Å². The Labute approximate surface area is 97.0 Å². The van der Waals surface area contributed by atoms with Crippen molar-refractivity contribution in [3.8, 4) is 0 Å². The highest BCUT2D eigenvalue weighted by molar-refractivity contribution is 9.10. The van der Waals surface area contributed by atoms with E-state index >= 15 is 0 Å². The highest BCUT2D eigenvalue weighted by Gasteiger charge is 2.17. The van der Waals surface area contributed by atoms with Crippen LogP contribution in [0.4, 0.5) is 8.78 Å². The number of hydrogen-bond acceptors (Lipinski definition) is 1. The molecule has 1 atom stereocenters. The van der Waals surface area contributed by atoms with Gasteiger partial charge in [0.05, 0.1) is 0 Å². The molecule has 1 N–H and O–H groups in total. The molecule has 0 bridgehead atoms. The van der Waals surface area contributed by atoms with Crippen molar-refractivity contribution in [2.45, 2.75) is 26.3 Å². The van der Waals surface area contributed by atoms with Gasteiger partial charge in [0, 0.05) is 16.1 Å². The monoisotopic (exact) mass is 277 g/mol. The van der Waals surface area contributed by atoms with Crippen molar-refractivity contribution in [1.29, 1.82) is 0 Å². The first-order chi connectivity index (χ1) is 7.07. The van der Waals surface area contributed by atoms with Crippen molar-refractivity contribution in [2.24, 2.45) is 0 Å². The van der Waals surface area contributed by atoms with Gasteiger partial charge < -0.3 is 5.32 Å². The molecule has 1 aromatic carbocycles. The predicted molar refractivity (Wildman–Crippen MR) is 60.8 cm³/mol. The number of nitrogens with one attached hydrogen (secondary N) is 1. The Morgan fingerprint density at radius 1 is 1.40 bits per heavy atom. The Morgan fingerprint density at radius 2 is 2.07 bits per heavy atom. The zero-order chi connectivity index (χ0) is 11.4. The van der Waals surface area contributed by atoms with E-state index in [1.54, 1.807) is 0 Å². The fourth-order valence-electron chi connectivity index (χ4n) is 1.40. The van der Waals surface area contributed by atoms with Gasteiger partial charge in [-0.15, -0.1) is 0 Å². The molecule has 84 valence electrons. The van der Waals surface area contributed by atoms with Crippen LogP contribution in [0.1, 0.15) is 31.9 Å². The quantitative estimate of drug-likeness (QED) is 0.826. The first-order valence-electron chi connectivity index (χ1n) is 4.94. The van der Waals surface area contributed by atoms with Crippen LogP contribution in [0, 0.1) is 11.6 Å². The van der Waals surface area contributed by atoms with E-state index in [0.717, 1.165) is 19.0 Å². The third kappa shape index (κ3) is 2.98. The summed E-state index contributed by atoms with van der Waals surface area (Å²) in [5, 5.41) is 3.12. The van der Waals surface area contributed by atoms with Gasteiger partial charge in [0.25, 0.3) is 0 Å². The van der Waals surface area contributed by atoms with Gasteiger partial charge in [0.1, 0.15) is 0 Å². The SMILES string of the molecule is CCCNC(C)c1c(Br)ccc(F)c1F. The van der Waals surface area contributed by atoms with E-state index in [9.17, 15) is 8.78 Å². The van der Waals surface area contributed by atoms with Gasteiger partial charge in [0.15, 0.2) is 11.6 Å². The molecule has 0 amide bonds. The van der Waals surface area contributed by atoms with Gasteiger partial charge in [0.2, 0.25) is 0 Å². The van der Waals surface area contributed by atoms with Crippen LogP contribution in [0.2, 0.25) is 0 Å². The highest BCUT2D eigenvalue weighted by Crippen LogP contribution is 2.27. The Balaban J connectivity index is 2.96. The van der Waals surface area contributed by atoms with Crippen LogP contribution in [0.15, 0.2) is 16.6 Å². The summed E-state index contributed by atoms with van der Waals surface area (Å²) in [6.45, 7) is 4.62. The van der Waals surface area contributed by atoms with Crippen molar-refractivity contribution in [1.82, 2.24) is 5.32 Å². The average Bonchev–Trinajstić information content (AvgIpc) is 2.21. The molecule has 0 saturated carbocycles. The normalized spacial score (nSPS) is 12.9. The Bertz CT molecular complexity index is 342. The molecule has 1 nitrogen and oxygen atoms in total. The molecule has 0 spiro atoms. The minimum Gasteiger partial charge on any atom is -0.310 e. The zero-order valence-electron chi connectivity index (χ0n) is 8.78. The van der Waals surface area contributed by atoms with Crippen LogP contribution < -0.4 is 5.32 Å². The topological polar surface area (TPSA) is 12.0 Å². The summed E-state index contributed by atoms with van der Waals surface area (Å²) < 4.78 is 27.1. The van der Waals surface area contributed by atoms with Crippen LogP contribution in [-0.2, 0) is 0 Å². The summed E-state index contributed by atoms with van der Waals surface area (Å²) in [6, 6.07) is 2.45. The van der Waals surface area contributed by atoms with E-state index in [1.165, 1.54) is 6.07 Å². The predicted octanol–water partition coefficient (Wildman–Crippen LogP) is 3.79. The van der Waals surface area contributed by atoms with Crippen LogP contribution >= 0.6 is 15.9 Å². The van der Waals surface area contributed by atoms with Gasteiger partial charge in [-0.1, -0.05) is 22.9 Å². The van der Waals surface area contributed by atoms with Crippen molar-refractivity contribution in [3.05, 3.63) is 33.8 Å². The van der Waals surface area contributed by atoms with Crippen molar-refractivity contribution >= 4 is 15.9 Å². The average molecular weight is 278 g/mol. The molecule has 0 radical (unpaired) electrons. The lowest BCUT2D eigenvalue weighted by atomic mass is 10.1. The fourth-order valence-corrected chi connectivity index (χ4v) is 2.05. The second-order valence-electron chi connectivity index (χ2n) is 3.43. The second-order valence-corrected chi connectivity index (χ2v) is 4.29. The minimum absolute atomic E-state index is 0.199. The maximum Gasteiger partial charge on any atom is 0.164 e. The lowest BCUT2D eigenvalue weighted by Crippen LogP contribution is -2.21. The molecule has 0 aliphatic heterocycles. The summed E-state index contributed by atoms with van der Waals surface area (Å²) in [6.07, 6.45) is 0.957. The van der Waals surface area contributed by atoms with E-state index in [4.69, 9.17) is 0 Å². The standard InChI is InChI=1S/C11H14BrF2N/c1-3-6-15-7(2)10-8(12)4-5-9(13)11(10)14/h4-5,7,15H,3,6H2,1-2H3. The van der Waals surface area contributed by atoms with Gasteiger partial charge in [-0.3, -0.25) is 0 Å². The fraction of sp³-hybridized carbons (Fsp3) is 0.455. The van der Waals surface area contributed by atoms with E-state index < -0.39 is 11.6 Å². The van der Waals surface area contributed by atoms with Crippen LogP contribution in [0.5, 0.6) is 0 Å². The van der Waals surface area contributed by atoms with E-state index in [1.807, 2.05) is 13.8 Å². The number of hydrogen-bond donors (Lipinski definition) is 1. The summed E-state index contributed by atoms with van der Waals surface area (Å²) in [7, 11) is 0. The Morgan fingerprint density at radius 3 is 2.67 bits per heavy atom. The minimum atomic E-state index is -0.807. The van der Waals surface area contributed by atoms with Gasteiger partial charge in [-0.2, -0.15) is 0 Å². The molecule has 0 aliphatic carbocycles. The van der Waals surface area contributed by atoms with Crippen LogP contribution in [0.25, 0.3) is 0 Å². The number of halogens is 3. The lowest BCUT2D eigenvalue weighted by Gasteiger charge is -2.16. The largest absolute Gasteiger partial charge is 0.310 e. The smallest absolute Gasteiger partial charge is 0.164 e. The molecule has 0 fully saturated rings. The van der Waals surface area contributed by atoms with Crippen LogP contribution in [0.3, 0.4) is 0 Å². The van der Waals surface area contributed by atoms with Crippen molar-refractivity contribution < 1.29 is 8.78 Å². The molecular weight excluding hydrogens is 264 g/mol. The van der Waals surface area contributed by atoms with E-state index in [0.29, 0.717) is 10.0 Å². The molecule has 1 unspecified atom stereocenters. The molecule has 1 aromatic rings. The molecule has 1 rings (SSSR count). The summed E-state index contributed by atoms with van der Waals surface area (Å²) >= 11 is 3.23. The maximum atomic E-state index is 13.5. The second kappa shape index (κ2) is 5.56.